The first-order valence-electron chi connectivity index (χ1n) is 10.4. The first-order valence-corrected chi connectivity index (χ1v) is 10.4. The number of carboxylic acid groups (broad SMARTS) is 1. The Labute approximate surface area is 190 Å². The number of nitrogens with zero attached hydrogens (tertiary/aromatic N) is 3. The molecule has 0 aromatic heterocycles. The van der Waals surface area contributed by atoms with Gasteiger partial charge in [0.15, 0.2) is 0 Å². The molecule has 168 valence electrons. The first kappa shape index (κ1) is 22.0. The molecule has 2 aromatic carbocycles. The number of urea groups is 1. The number of anilines is 1. The van der Waals surface area contributed by atoms with E-state index in [2.05, 4.69) is 11.4 Å². The molecular formula is C24H22N4O5. The highest BCUT2D eigenvalue weighted by Crippen LogP contribution is 2.35. The molecule has 2 N–H and O–H groups in total. The van der Waals surface area contributed by atoms with Crippen LogP contribution in [0, 0.1) is 11.3 Å². The Bertz CT molecular complexity index is 1180. The van der Waals surface area contributed by atoms with Crippen molar-refractivity contribution in [3.63, 3.8) is 0 Å². The van der Waals surface area contributed by atoms with Crippen LogP contribution in [0.15, 0.2) is 59.8 Å². The largest absolute Gasteiger partial charge is 0.478 e. The van der Waals surface area contributed by atoms with Crippen LogP contribution in [-0.2, 0) is 9.53 Å². The molecule has 0 aliphatic carbocycles. The third-order valence-corrected chi connectivity index (χ3v) is 5.74. The van der Waals surface area contributed by atoms with E-state index in [-0.39, 0.29) is 11.5 Å². The van der Waals surface area contributed by atoms with E-state index in [1.54, 1.807) is 48.2 Å². The number of rotatable bonds is 4. The van der Waals surface area contributed by atoms with Crippen molar-refractivity contribution in [1.82, 2.24) is 10.2 Å². The lowest BCUT2D eigenvalue weighted by atomic mass is 9.92. The molecule has 3 amide bonds. The number of carbonyl (C=O) groups excluding carboxylic acids is 2. The van der Waals surface area contributed by atoms with Gasteiger partial charge in [0.05, 0.1) is 47.7 Å². The molecule has 2 heterocycles. The highest BCUT2D eigenvalue weighted by molar-refractivity contribution is 6.05. The Balaban J connectivity index is 1.82. The van der Waals surface area contributed by atoms with E-state index < -0.39 is 18.0 Å². The third kappa shape index (κ3) is 4.29. The predicted octanol–water partition coefficient (Wildman–Crippen LogP) is 2.66. The summed E-state index contributed by atoms with van der Waals surface area (Å²) in [6.07, 6.45) is 0. The molecular weight excluding hydrogens is 424 g/mol. The lowest BCUT2D eigenvalue weighted by Gasteiger charge is -2.38. The number of aromatic carboxylic acids is 1. The van der Waals surface area contributed by atoms with Crippen LogP contribution < -0.4 is 10.2 Å². The molecule has 0 bridgehead atoms. The SMILES string of the molecule is CC1=C(C(=O)N2CCOCC2)[C@@H](c2ccc(C#N)cc2)NC(=O)N1c1cccc(C(=O)O)c1. The molecule has 0 spiro atoms. The number of nitriles is 1. The summed E-state index contributed by atoms with van der Waals surface area (Å²) in [6, 6.07) is 13.5. The van der Waals surface area contributed by atoms with Crippen molar-refractivity contribution >= 4 is 23.6 Å². The van der Waals surface area contributed by atoms with Crippen molar-refractivity contribution in [1.29, 1.82) is 5.26 Å². The van der Waals surface area contributed by atoms with Crippen molar-refractivity contribution in [3.05, 3.63) is 76.5 Å². The predicted molar refractivity (Wildman–Crippen MR) is 118 cm³/mol. The molecule has 1 saturated heterocycles. The van der Waals surface area contributed by atoms with Crippen molar-refractivity contribution in [2.75, 3.05) is 31.2 Å². The summed E-state index contributed by atoms with van der Waals surface area (Å²) in [7, 11) is 0. The van der Waals surface area contributed by atoms with Gasteiger partial charge in [0, 0.05) is 18.8 Å². The summed E-state index contributed by atoms with van der Waals surface area (Å²) in [5.41, 5.74) is 2.29. The van der Waals surface area contributed by atoms with Gasteiger partial charge in [-0.3, -0.25) is 9.69 Å². The molecule has 1 atom stereocenters. The van der Waals surface area contributed by atoms with Crippen LogP contribution in [0.5, 0.6) is 0 Å². The zero-order chi connectivity index (χ0) is 23.5. The summed E-state index contributed by atoms with van der Waals surface area (Å²) in [6.45, 7) is 3.39. The lowest BCUT2D eigenvalue weighted by Crippen LogP contribution is -2.51. The maximum Gasteiger partial charge on any atom is 0.335 e. The minimum absolute atomic E-state index is 0.0309. The zero-order valence-electron chi connectivity index (χ0n) is 17.9. The van der Waals surface area contributed by atoms with E-state index in [0.717, 1.165) is 0 Å². The van der Waals surface area contributed by atoms with Gasteiger partial charge in [0.25, 0.3) is 5.91 Å². The Morgan fingerprint density at radius 2 is 1.85 bits per heavy atom. The van der Waals surface area contributed by atoms with Crippen LogP contribution in [0.4, 0.5) is 10.5 Å². The van der Waals surface area contributed by atoms with Crippen LogP contribution in [0.1, 0.15) is 34.5 Å². The second-order valence-electron chi connectivity index (χ2n) is 7.71. The Hall–Kier alpha value is -4.16. The molecule has 0 unspecified atom stereocenters. The van der Waals surface area contributed by atoms with E-state index in [4.69, 9.17) is 10.00 Å². The van der Waals surface area contributed by atoms with Crippen LogP contribution in [0.2, 0.25) is 0 Å². The molecule has 2 aliphatic heterocycles. The van der Waals surface area contributed by atoms with Crippen LogP contribution in [-0.4, -0.2) is 54.2 Å². The minimum atomic E-state index is -1.11. The van der Waals surface area contributed by atoms with E-state index in [1.165, 1.54) is 17.0 Å². The maximum absolute atomic E-state index is 13.6. The second kappa shape index (κ2) is 9.14. The monoisotopic (exact) mass is 446 g/mol. The molecule has 33 heavy (non-hydrogen) atoms. The number of morpholine rings is 1. The van der Waals surface area contributed by atoms with Gasteiger partial charge in [0.2, 0.25) is 0 Å². The number of nitrogens with one attached hydrogen (secondary N) is 1. The van der Waals surface area contributed by atoms with Gasteiger partial charge in [-0.05, 0) is 42.8 Å². The summed E-state index contributed by atoms with van der Waals surface area (Å²) in [5.74, 6) is -1.35. The average Bonchev–Trinajstić information content (AvgIpc) is 2.84. The number of amides is 3. The van der Waals surface area contributed by atoms with E-state index in [0.29, 0.717) is 54.4 Å². The fourth-order valence-corrected chi connectivity index (χ4v) is 4.05. The highest BCUT2D eigenvalue weighted by Gasteiger charge is 2.38. The standard InChI is InChI=1S/C24H22N4O5/c1-15-20(22(29)27-9-11-33-12-10-27)21(17-7-5-16(14-25)6-8-17)26-24(32)28(15)19-4-2-3-18(13-19)23(30)31/h2-8,13,21H,9-12H2,1H3,(H,26,32)(H,30,31)/t21-/m1/s1. The second-order valence-corrected chi connectivity index (χ2v) is 7.71. The van der Waals surface area contributed by atoms with Crippen molar-refractivity contribution < 1.29 is 24.2 Å². The van der Waals surface area contributed by atoms with Gasteiger partial charge in [-0.15, -0.1) is 0 Å². The maximum atomic E-state index is 13.6. The molecule has 9 nitrogen and oxygen atoms in total. The van der Waals surface area contributed by atoms with Crippen LogP contribution in [0.25, 0.3) is 0 Å². The van der Waals surface area contributed by atoms with Gasteiger partial charge in [-0.25, -0.2) is 9.59 Å². The lowest BCUT2D eigenvalue weighted by molar-refractivity contribution is -0.131. The van der Waals surface area contributed by atoms with E-state index in [9.17, 15) is 19.5 Å². The minimum Gasteiger partial charge on any atom is -0.478 e. The number of benzene rings is 2. The van der Waals surface area contributed by atoms with E-state index in [1.807, 2.05) is 0 Å². The van der Waals surface area contributed by atoms with Crippen LogP contribution in [0.3, 0.4) is 0 Å². The van der Waals surface area contributed by atoms with Crippen molar-refractivity contribution in [2.24, 2.45) is 0 Å². The summed E-state index contributed by atoms with van der Waals surface area (Å²) in [4.78, 5) is 41.2. The number of hydrogen-bond acceptors (Lipinski definition) is 5. The first-order chi connectivity index (χ1) is 15.9. The fourth-order valence-electron chi connectivity index (χ4n) is 4.05. The average molecular weight is 446 g/mol. The number of allylic oxidation sites excluding steroid dienone is 1. The van der Waals surface area contributed by atoms with Crippen molar-refractivity contribution in [2.45, 2.75) is 13.0 Å². The van der Waals surface area contributed by atoms with Gasteiger partial charge in [-0.1, -0.05) is 18.2 Å². The molecule has 2 aromatic rings. The molecule has 9 heteroatoms. The fraction of sp³-hybridized carbons (Fsp3) is 0.250. The third-order valence-electron chi connectivity index (χ3n) is 5.74. The molecule has 4 rings (SSSR count). The van der Waals surface area contributed by atoms with Gasteiger partial charge in [-0.2, -0.15) is 5.26 Å². The smallest absolute Gasteiger partial charge is 0.335 e. The summed E-state index contributed by atoms with van der Waals surface area (Å²) >= 11 is 0. The number of ether oxygens (including phenoxy) is 1. The Morgan fingerprint density at radius 1 is 1.15 bits per heavy atom. The molecule has 0 radical (unpaired) electrons. The normalized spacial score (nSPS) is 18.5. The van der Waals surface area contributed by atoms with E-state index >= 15 is 0 Å². The highest BCUT2D eigenvalue weighted by atomic mass is 16.5. The molecule has 1 fully saturated rings. The van der Waals surface area contributed by atoms with Crippen LogP contribution >= 0.6 is 0 Å². The van der Waals surface area contributed by atoms with Crippen molar-refractivity contribution in [3.8, 4) is 6.07 Å². The van der Waals surface area contributed by atoms with Gasteiger partial charge in [0.1, 0.15) is 0 Å². The molecule has 2 aliphatic rings. The molecule has 0 saturated carbocycles. The summed E-state index contributed by atoms with van der Waals surface area (Å²) < 4.78 is 5.37. The summed E-state index contributed by atoms with van der Waals surface area (Å²) in [5, 5.41) is 21.4. The van der Waals surface area contributed by atoms with Gasteiger partial charge < -0.3 is 20.1 Å². The Kier molecular flexibility index (Phi) is 6.11. The Morgan fingerprint density at radius 3 is 2.48 bits per heavy atom. The number of hydrogen-bond donors (Lipinski definition) is 2. The number of carboxylic acids is 1. The quantitative estimate of drug-likeness (QED) is 0.744. The number of carbonyl (C=O) groups is 3. The zero-order valence-corrected chi connectivity index (χ0v) is 17.9. The topological polar surface area (TPSA) is 123 Å². The van der Waals surface area contributed by atoms with Gasteiger partial charge >= 0.3 is 12.0 Å².